The second kappa shape index (κ2) is 7.94. The molecule has 0 spiro atoms. The molecule has 26 heavy (non-hydrogen) atoms. The van der Waals surface area contributed by atoms with Crippen LogP contribution in [0.5, 0.6) is 0 Å². The number of nitrogens with zero attached hydrogens (tertiary/aromatic N) is 2. The van der Waals surface area contributed by atoms with E-state index in [9.17, 15) is 14.4 Å². The molecular formula is C18H20Cl2N2O4. The molecule has 1 aromatic carbocycles. The Morgan fingerprint density at radius 2 is 2.04 bits per heavy atom. The van der Waals surface area contributed by atoms with Gasteiger partial charge in [-0.15, -0.1) is 0 Å². The molecule has 8 heteroatoms. The summed E-state index contributed by atoms with van der Waals surface area (Å²) in [6.07, 6.45) is 1.61. The van der Waals surface area contributed by atoms with Crippen molar-refractivity contribution in [2.45, 2.75) is 32.2 Å². The molecule has 2 aliphatic heterocycles. The standard InChI is InChI=1S/C18H20Cl2N2O4/c1-2-26-18(25)11-4-3-7-21(10-11)15-9-16(23)22(17(15)24)12-5-6-13(19)14(20)8-12/h5-6,8,11,15H,2-4,7,9-10H2,1H3. The van der Waals surface area contributed by atoms with Gasteiger partial charge in [-0.2, -0.15) is 0 Å². The molecule has 0 N–H and O–H groups in total. The smallest absolute Gasteiger partial charge is 0.310 e. The number of benzene rings is 1. The number of ether oxygens (including phenoxy) is 1. The molecule has 2 heterocycles. The minimum absolute atomic E-state index is 0.0919. The maximum atomic E-state index is 12.9. The first-order valence-electron chi connectivity index (χ1n) is 8.65. The van der Waals surface area contributed by atoms with E-state index in [4.69, 9.17) is 27.9 Å². The van der Waals surface area contributed by atoms with Crippen LogP contribution in [0, 0.1) is 5.92 Å². The third-order valence-corrected chi connectivity index (χ3v) is 5.54. The van der Waals surface area contributed by atoms with Crippen molar-refractivity contribution in [3.8, 4) is 0 Å². The number of carbonyl (C=O) groups excluding carboxylic acids is 3. The van der Waals surface area contributed by atoms with E-state index in [0.29, 0.717) is 30.4 Å². The van der Waals surface area contributed by atoms with Crippen LogP contribution in [-0.4, -0.2) is 48.4 Å². The molecule has 140 valence electrons. The number of halogens is 2. The van der Waals surface area contributed by atoms with E-state index in [1.54, 1.807) is 19.1 Å². The predicted octanol–water partition coefficient (Wildman–Crippen LogP) is 2.90. The Labute approximate surface area is 162 Å². The zero-order valence-corrected chi connectivity index (χ0v) is 15.9. The van der Waals surface area contributed by atoms with Gasteiger partial charge in [0.2, 0.25) is 5.91 Å². The summed E-state index contributed by atoms with van der Waals surface area (Å²) in [5.74, 6) is -1.07. The molecule has 2 amide bonds. The second-order valence-corrected chi connectivity index (χ2v) is 7.29. The highest BCUT2D eigenvalue weighted by molar-refractivity contribution is 6.42. The lowest BCUT2D eigenvalue weighted by Gasteiger charge is -2.34. The Bertz CT molecular complexity index is 740. The van der Waals surface area contributed by atoms with Crippen LogP contribution in [0.4, 0.5) is 5.69 Å². The lowest BCUT2D eigenvalue weighted by molar-refractivity contribution is -0.150. The fourth-order valence-corrected chi connectivity index (χ4v) is 3.83. The summed E-state index contributed by atoms with van der Waals surface area (Å²) >= 11 is 11.9. The van der Waals surface area contributed by atoms with E-state index in [1.165, 1.54) is 6.07 Å². The molecule has 0 aromatic heterocycles. The number of imide groups is 1. The Morgan fingerprint density at radius 1 is 1.27 bits per heavy atom. The minimum atomic E-state index is -0.561. The highest BCUT2D eigenvalue weighted by Crippen LogP contribution is 2.32. The molecule has 3 rings (SSSR count). The van der Waals surface area contributed by atoms with Gasteiger partial charge in [-0.05, 0) is 44.5 Å². The van der Waals surface area contributed by atoms with Crippen molar-refractivity contribution in [1.82, 2.24) is 4.90 Å². The number of piperidine rings is 1. The number of rotatable bonds is 4. The van der Waals surface area contributed by atoms with Crippen molar-refractivity contribution in [2.24, 2.45) is 5.92 Å². The van der Waals surface area contributed by atoms with Crippen molar-refractivity contribution in [1.29, 1.82) is 0 Å². The fraction of sp³-hybridized carbons (Fsp3) is 0.500. The Hall–Kier alpha value is -1.63. The van der Waals surface area contributed by atoms with Crippen LogP contribution in [0.25, 0.3) is 0 Å². The molecule has 2 aliphatic rings. The van der Waals surface area contributed by atoms with Gasteiger partial charge in [-0.3, -0.25) is 19.3 Å². The van der Waals surface area contributed by atoms with Gasteiger partial charge in [0.25, 0.3) is 5.91 Å². The van der Waals surface area contributed by atoms with E-state index in [1.807, 2.05) is 4.90 Å². The van der Waals surface area contributed by atoms with Gasteiger partial charge in [0.1, 0.15) is 0 Å². The van der Waals surface area contributed by atoms with Crippen molar-refractivity contribution in [3.05, 3.63) is 28.2 Å². The summed E-state index contributed by atoms with van der Waals surface area (Å²) in [5, 5.41) is 0.646. The van der Waals surface area contributed by atoms with Crippen LogP contribution in [0.1, 0.15) is 26.2 Å². The average molecular weight is 399 g/mol. The number of esters is 1. The lowest BCUT2D eigenvalue weighted by Crippen LogP contribution is -2.48. The number of hydrogen-bond donors (Lipinski definition) is 0. The van der Waals surface area contributed by atoms with Crippen LogP contribution in [0.15, 0.2) is 18.2 Å². The van der Waals surface area contributed by atoms with Gasteiger partial charge in [0.15, 0.2) is 0 Å². The van der Waals surface area contributed by atoms with Gasteiger partial charge in [0, 0.05) is 6.54 Å². The topological polar surface area (TPSA) is 66.9 Å². The molecule has 2 saturated heterocycles. The fourth-order valence-electron chi connectivity index (χ4n) is 3.54. The highest BCUT2D eigenvalue weighted by atomic mass is 35.5. The first kappa shape index (κ1) is 19.1. The zero-order chi connectivity index (χ0) is 18.8. The summed E-state index contributed by atoms with van der Waals surface area (Å²) in [4.78, 5) is 40.4. The largest absolute Gasteiger partial charge is 0.466 e. The van der Waals surface area contributed by atoms with Gasteiger partial charge in [0.05, 0.1) is 40.7 Å². The predicted molar refractivity (Wildman–Crippen MR) is 98.3 cm³/mol. The summed E-state index contributed by atoms with van der Waals surface area (Å²) in [6, 6.07) is 4.11. The minimum Gasteiger partial charge on any atom is -0.466 e. The van der Waals surface area contributed by atoms with Gasteiger partial charge >= 0.3 is 5.97 Å². The van der Waals surface area contributed by atoms with E-state index in [2.05, 4.69) is 0 Å². The van der Waals surface area contributed by atoms with Crippen molar-refractivity contribution in [2.75, 3.05) is 24.6 Å². The summed E-state index contributed by atoms with van der Waals surface area (Å²) in [7, 11) is 0. The van der Waals surface area contributed by atoms with Gasteiger partial charge in [-0.1, -0.05) is 23.2 Å². The van der Waals surface area contributed by atoms with Crippen molar-refractivity contribution in [3.63, 3.8) is 0 Å². The monoisotopic (exact) mass is 398 g/mol. The van der Waals surface area contributed by atoms with Crippen LogP contribution < -0.4 is 4.90 Å². The van der Waals surface area contributed by atoms with Gasteiger partial charge in [-0.25, -0.2) is 4.90 Å². The van der Waals surface area contributed by atoms with E-state index in [0.717, 1.165) is 17.7 Å². The molecule has 1 aromatic rings. The summed E-state index contributed by atoms with van der Waals surface area (Å²) < 4.78 is 5.10. The van der Waals surface area contributed by atoms with Crippen molar-refractivity contribution < 1.29 is 19.1 Å². The molecule has 2 unspecified atom stereocenters. The number of carbonyl (C=O) groups is 3. The Balaban J connectivity index is 1.75. The molecule has 6 nitrogen and oxygen atoms in total. The van der Waals surface area contributed by atoms with Crippen molar-refractivity contribution >= 4 is 46.7 Å². The second-order valence-electron chi connectivity index (χ2n) is 6.47. The van der Waals surface area contributed by atoms with E-state index < -0.39 is 6.04 Å². The van der Waals surface area contributed by atoms with Gasteiger partial charge < -0.3 is 4.74 Å². The molecule has 0 aliphatic carbocycles. The molecule has 0 bridgehead atoms. The van der Waals surface area contributed by atoms with E-state index in [-0.39, 0.29) is 35.1 Å². The Kier molecular flexibility index (Phi) is 5.85. The normalized spacial score (nSPS) is 24.2. The average Bonchev–Trinajstić information content (AvgIpc) is 2.92. The first-order valence-corrected chi connectivity index (χ1v) is 9.40. The molecule has 2 fully saturated rings. The van der Waals surface area contributed by atoms with E-state index >= 15 is 0 Å². The molecule has 0 saturated carbocycles. The SMILES string of the molecule is CCOC(=O)C1CCCN(C2CC(=O)N(c3ccc(Cl)c(Cl)c3)C2=O)C1. The molecule has 2 atom stereocenters. The van der Waals surface area contributed by atoms with Crippen LogP contribution in [0.2, 0.25) is 10.0 Å². The molecular weight excluding hydrogens is 379 g/mol. The van der Waals surface area contributed by atoms with Crippen LogP contribution in [-0.2, 0) is 19.1 Å². The molecule has 0 radical (unpaired) electrons. The number of amides is 2. The summed E-state index contributed by atoms with van der Waals surface area (Å²) in [6.45, 7) is 3.21. The first-order chi connectivity index (χ1) is 12.4. The maximum Gasteiger partial charge on any atom is 0.310 e. The lowest BCUT2D eigenvalue weighted by atomic mass is 9.96. The van der Waals surface area contributed by atoms with Crippen LogP contribution >= 0.6 is 23.2 Å². The highest BCUT2D eigenvalue weighted by Gasteiger charge is 2.44. The Morgan fingerprint density at radius 3 is 2.73 bits per heavy atom. The zero-order valence-electron chi connectivity index (χ0n) is 14.4. The third-order valence-electron chi connectivity index (χ3n) is 4.80. The summed E-state index contributed by atoms with van der Waals surface area (Å²) in [5.41, 5.74) is 0.413. The number of hydrogen-bond acceptors (Lipinski definition) is 5. The van der Waals surface area contributed by atoms with Crippen LogP contribution in [0.3, 0.4) is 0 Å². The quantitative estimate of drug-likeness (QED) is 0.576. The number of likely N-dealkylation sites (tertiary alicyclic amines) is 1. The third kappa shape index (κ3) is 3.72. The maximum absolute atomic E-state index is 12.9. The number of anilines is 1.